The number of rotatable bonds is 1. The van der Waals surface area contributed by atoms with Gasteiger partial charge < -0.3 is 0 Å². The van der Waals surface area contributed by atoms with Gasteiger partial charge in [0.2, 0.25) is 11.8 Å². The van der Waals surface area contributed by atoms with Gasteiger partial charge in [0.15, 0.2) is 0 Å². The summed E-state index contributed by atoms with van der Waals surface area (Å²) in [5, 5.41) is 0. The molecule has 0 aromatic heterocycles. The Kier molecular flexibility index (Phi) is 2.35. The van der Waals surface area contributed by atoms with E-state index in [0.29, 0.717) is 11.8 Å². The Balaban J connectivity index is 1.57. The Labute approximate surface area is 131 Å². The highest BCUT2D eigenvalue weighted by Gasteiger charge is 2.68. The van der Waals surface area contributed by atoms with E-state index in [1.807, 2.05) is 24.3 Å². The third kappa shape index (κ3) is 1.49. The van der Waals surface area contributed by atoms with Crippen LogP contribution in [0.15, 0.2) is 28.7 Å². The SMILES string of the molecule is O=C1[C@@H]2[C@@H]3CC[C@@H]([C@@H]4C[C@@H]43)[C@@H]2C(=O)N1c1ccc(Br)cc1. The van der Waals surface area contributed by atoms with E-state index in [9.17, 15) is 9.59 Å². The molecule has 6 rings (SSSR count). The van der Waals surface area contributed by atoms with E-state index in [0.717, 1.165) is 34.8 Å². The van der Waals surface area contributed by atoms with Crippen LogP contribution in [0, 0.1) is 35.5 Å². The number of carbonyl (C=O) groups excluding carboxylic acids is 2. The molecule has 0 N–H and O–H groups in total. The fourth-order valence-corrected chi connectivity index (χ4v) is 5.65. The van der Waals surface area contributed by atoms with Crippen molar-refractivity contribution in [2.75, 3.05) is 4.90 Å². The molecule has 21 heavy (non-hydrogen) atoms. The number of benzene rings is 1. The van der Waals surface area contributed by atoms with Crippen molar-refractivity contribution < 1.29 is 9.59 Å². The van der Waals surface area contributed by atoms with Crippen molar-refractivity contribution >= 4 is 33.4 Å². The van der Waals surface area contributed by atoms with E-state index < -0.39 is 0 Å². The minimum Gasteiger partial charge on any atom is -0.274 e. The van der Waals surface area contributed by atoms with Crippen LogP contribution in [0.4, 0.5) is 5.69 Å². The Bertz CT molecular complexity index is 621. The summed E-state index contributed by atoms with van der Waals surface area (Å²) in [6.07, 6.45) is 3.57. The largest absolute Gasteiger partial charge is 0.274 e. The minimum atomic E-state index is -0.0244. The molecule has 0 spiro atoms. The smallest absolute Gasteiger partial charge is 0.237 e. The lowest BCUT2D eigenvalue weighted by molar-refractivity contribution is -0.129. The second kappa shape index (κ2) is 3.97. The number of halogens is 1. The molecule has 4 aliphatic carbocycles. The second-order valence-electron chi connectivity index (χ2n) is 7.01. The fraction of sp³-hybridized carbons (Fsp3) is 0.529. The van der Waals surface area contributed by atoms with E-state index in [4.69, 9.17) is 0 Å². The Morgan fingerprint density at radius 2 is 1.38 bits per heavy atom. The number of imide groups is 1. The number of fused-ring (bicyclic) bond motifs is 1. The summed E-state index contributed by atoms with van der Waals surface area (Å²) in [5.74, 6) is 2.51. The van der Waals surface area contributed by atoms with Gasteiger partial charge in [0.05, 0.1) is 17.5 Å². The lowest BCUT2D eigenvalue weighted by Gasteiger charge is -2.42. The lowest BCUT2D eigenvalue weighted by atomic mass is 9.59. The third-order valence-electron chi connectivity index (χ3n) is 6.23. The first-order valence-corrected chi connectivity index (χ1v) is 8.59. The molecular weight excluding hydrogens is 330 g/mol. The summed E-state index contributed by atoms with van der Waals surface area (Å²) < 4.78 is 0.962. The van der Waals surface area contributed by atoms with Gasteiger partial charge in [-0.05, 0) is 67.2 Å². The molecule has 5 aliphatic rings. The topological polar surface area (TPSA) is 37.4 Å². The summed E-state index contributed by atoms with van der Waals surface area (Å²) >= 11 is 3.40. The number of hydrogen-bond acceptors (Lipinski definition) is 2. The molecule has 1 aliphatic heterocycles. The van der Waals surface area contributed by atoms with E-state index in [1.165, 1.54) is 11.3 Å². The van der Waals surface area contributed by atoms with E-state index in [1.54, 1.807) is 0 Å². The van der Waals surface area contributed by atoms with Gasteiger partial charge in [0.25, 0.3) is 0 Å². The zero-order valence-electron chi connectivity index (χ0n) is 11.5. The number of anilines is 1. The third-order valence-corrected chi connectivity index (χ3v) is 6.76. The van der Waals surface area contributed by atoms with Crippen LogP contribution in [0.25, 0.3) is 0 Å². The van der Waals surface area contributed by atoms with Crippen molar-refractivity contribution in [3.8, 4) is 0 Å². The van der Waals surface area contributed by atoms with Gasteiger partial charge in [0, 0.05) is 4.47 Å². The van der Waals surface area contributed by atoms with Gasteiger partial charge in [-0.1, -0.05) is 15.9 Å². The zero-order chi connectivity index (χ0) is 14.3. The van der Waals surface area contributed by atoms with Crippen LogP contribution in [-0.2, 0) is 9.59 Å². The molecule has 6 atom stereocenters. The molecule has 4 saturated carbocycles. The predicted octanol–water partition coefficient (Wildman–Crippen LogP) is 3.23. The summed E-state index contributed by atoms with van der Waals surface area (Å²) in [4.78, 5) is 27.2. The molecule has 1 aromatic carbocycles. The fourth-order valence-electron chi connectivity index (χ4n) is 5.38. The van der Waals surface area contributed by atoms with Crippen LogP contribution in [0.2, 0.25) is 0 Å². The average Bonchev–Trinajstić information content (AvgIpc) is 3.26. The molecule has 1 heterocycles. The molecule has 3 nitrogen and oxygen atoms in total. The maximum atomic E-state index is 12.9. The van der Waals surface area contributed by atoms with Gasteiger partial charge in [-0.15, -0.1) is 0 Å². The summed E-state index contributed by atoms with van der Waals surface area (Å²) in [7, 11) is 0. The van der Waals surface area contributed by atoms with Crippen molar-refractivity contribution in [1.82, 2.24) is 0 Å². The molecule has 2 bridgehead atoms. The molecule has 1 saturated heterocycles. The molecule has 108 valence electrons. The summed E-state index contributed by atoms with van der Waals surface area (Å²) in [6, 6.07) is 7.51. The molecule has 1 aromatic rings. The zero-order valence-corrected chi connectivity index (χ0v) is 13.1. The number of carbonyl (C=O) groups is 2. The molecule has 0 radical (unpaired) electrons. The Hall–Kier alpha value is -1.16. The van der Waals surface area contributed by atoms with Gasteiger partial charge in [-0.2, -0.15) is 0 Å². The van der Waals surface area contributed by atoms with Crippen LogP contribution in [0.1, 0.15) is 19.3 Å². The Morgan fingerprint density at radius 1 is 0.857 bits per heavy atom. The van der Waals surface area contributed by atoms with Crippen LogP contribution in [-0.4, -0.2) is 11.8 Å². The molecular formula is C17H16BrNO2. The van der Waals surface area contributed by atoms with Crippen LogP contribution in [0.5, 0.6) is 0 Å². The number of nitrogens with zero attached hydrogens (tertiary/aromatic N) is 1. The Morgan fingerprint density at radius 3 is 1.90 bits per heavy atom. The normalized spacial score (nSPS) is 43.0. The maximum absolute atomic E-state index is 12.9. The van der Waals surface area contributed by atoms with E-state index >= 15 is 0 Å². The van der Waals surface area contributed by atoms with Crippen LogP contribution >= 0.6 is 15.9 Å². The molecule has 2 amide bonds. The first-order chi connectivity index (χ1) is 10.2. The van der Waals surface area contributed by atoms with Crippen molar-refractivity contribution in [2.45, 2.75) is 19.3 Å². The number of hydrogen-bond donors (Lipinski definition) is 0. The summed E-state index contributed by atoms with van der Waals surface area (Å²) in [5.41, 5.74) is 0.732. The maximum Gasteiger partial charge on any atom is 0.237 e. The van der Waals surface area contributed by atoms with Gasteiger partial charge >= 0.3 is 0 Å². The lowest BCUT2D eigenvalue weighted by Crippen LogP contribution is -2.43. The van der Waals surface area contributed by atoms with Crippen molar-refractivity contribution in [3.63, 3.8) is 0 Å². The van der Waals surface area contributed by atoms with E-state index in [-0.39, 0.29) is 23.7 Å². The molecule has 5 fully saturated rings. The molecule has 4 heteroatoms. The monoisotopic (exact) mass is 345 g/mol. The van der Waals surface area contributed by atoms with Gasteiger partial charge in [-0.3, -0.25) is 14.5 Å². The summed E-state index contributed by atoms with van der Waals surface area (Å²) in [6.45, 7) is 0. The first kappa shape index (κ1) is 12.4. The molecule has 0 unspecified atom stereocenters. The predicted molar refractivity (Wildman–Crippen MR) is 81.4 cm³/mol. The van der Waals surface area contributed by atoms with Gasteiger partial charge in [0.1, 0.15) is 0 Å². The highest BCUT2D eigenvalue weighted by molar-refractivity contribution is 9.10. The van der Waals surface area contributed by atoms with Crippen LogP contribution in [0.3, 0.4) is 0 Å². The van der Waals surface area contributed by atoms with Crippen molar-refractivity contribution in [1.29, 1.82) is 0 Å². The minimum absolute atomic E-state index is 0.0244. The van der Waals surface area contributed by atoms with E-state index in [2.05, 4.69) is 15.9 Å². The highest BCUT2D eigenvalue weighted by Crippen LogP contribution is 2.68. The average molecular weight is 346 g/mol. The standard InChI is InChI=1S/C17H16BrNO2/c18-8-1-3-9(4-2-8)19-16(20)14-10-5-6-11(13-7-12(10)13)15(14)17(19)21/h1-4,10-15H,5-7H2/t10-,11+,12-,13+,14-,15+. The first-order valence-electron chi connectivity index (χ1n) is 7.80. The second-order valence-corrected chi connectivity index (χ2v) is 7.92. The quantitative estimate of drug-likeness (QED) is 0.732. The van der Waals surface area contributed by atoms with Gasteiger partial charge in [-0.25, -0.2) is 0 Å². The van der Waals surface area contributed by atoms with Crippen molar-refractivity contribution in [2.24, 2.45) is 35.5 Å². The number of amides is 2. The van der Waals surface area contributed by atoms with Crippen LogP contribution < -0.4 is 4.90 Å². The highest BCUT2D eigenvalue weighted by atomic mass is 79.9. The van der Waals surface area contributed by atoms with Crippen molar-refractivity contribution in [3.05, 3.63) is 28.7 Å².